The summed E-state index contributed by atoms with van der Waals surface area (Å²) >= 11 is 0. The molecule has 3 rings (SSSR count). The van der Waals surface area contributed by atoms with E-state index in [2.05, 4.69) is 15.0 Å². The maximum absolute atomic E-state index is 12.4. The molecule has 1 saturated carbocycles. The molecule has 1 amide bonds. The summed E-state index contributed by atoms with van der Waals surface area (Å²) < 4.78 is 41.3. The van der Waals surface area contributed by atoms with E-state index in [1.807, 2.05) is 24.3 Å². The van der Waals surface area contributed by atoms with E-state index in [0.717, 1.165) is 11.8 Å². The summed E-state index contributed by atoms with van der Waals surface area (Å²) in [5.74, 6) is 0.132. The number of amides is 1. The number of hydrogen-bond acceptors (Lipinski definition) is 5. The van der Waals surface area contributed by atoms with Crippen molar-refractivity contribution in [2.75, 3.05) is 13.2 Å². The maximum Gasteiger partial charge on any atom is 0.422 e. The van der Waals surface area contributed by atoms with Crippen molar-refractivity contribution in [2.45, 2.75) is 43.5 Å². The number of pyridine rings is 1. The topological polar surface area (TPSA) is 91.7 Å². The van der Waals surface area contributed by atoms with Crippen LogP contribution >= 0.6 is 0 Å². The highest BCUT2D eigenvalue weighted by Crippen LogP contribution is 2.39. The third-order valence-electron chi connectivity index (χ3n) is 4.76. The number of carbonyl (C=O) groups is 1. The van der Waals surface area contributed by atoms with Crippen LogP contribution in [-0.4, -0.2) is 46.6 Å². The van der Waals surface area contributed by atoms with Gasteiger partial charge in [0.2, 0.25) is 5.91 Å². The number of ether oxygens (including phenoxy) is 1. The molecule has 1 aromatic heterocycles. The predicted molar refractivity (Wildman–Crippen MR) is 102 cm³/mol. The van der Waals surface area contributed by atoms with Crippen LogP contribution in [0.3, 0.4) is 0 Å². The molecule has 1 heterocycles. The van der Waals surface area contributed by atoms with Crippen molar-refractivity contribution < 1.29 is 32.9 Å². The fourth-order valence-electron chi connectivity index (χ4n) is 3.03. The molecular weight excluding hydrogens is 401 g/mol. The molecule has 2 aromatic rings. The number of aliphatic hydroxyl groups excluding tert-OH is 2. The summed E-state index contributed by atoms with van der Waals surface area (Å²) in [5.41, 5.74) is 2.25. The maximum atomic E-state index is 12.4. The third-order valence-corrected chi connectivity index (χ3v) is 4.76. The Bertz CT molecular complexity index is 837. The lowest BCUT2D eigenvalue weighted by Gasteiger charge is -2.22. The summed E-state index contributed by atoms with van der Waals surface area (Å²) in [6.45, 7) is -2.08. The van der Waals surface area contributed by atoms with Crippen LogP contribution in [0.5, 0.6) is 5.75 Å². The molecule has 6 nitrogen and oxygen atoms in total. The molecule has 1 aliphatic rings. The van der Waals surface area contributed by atoms with Crippen LogP contribution in [0.1, 0.15) is 41.6 Å². The molecule has 1 aliphatic carbocycles. The molecule has 162 valence electrons. The zero-order chi connectivity index (χ0) is 21.7. The first kappa shape index (κ1) is 22.0. The Balaban J connectivity index is 1.62. The van der Waals surface area contributed by atoms with E-state index in [1.54, 1.807) is 0 Å². The van der Waals surface area contributed by atoms with Crippen LogP contribution in [0.15, 0.2) is 42.6 Å². The molecule has 0 bridgehead atoms. The molecule has 30 heavy (non-hydrogen) atoms. The Kier molecular flexibility index (Phi) is 6.94. The van der Waals surface area contributed by atoms with Crippen molar-refractivity contribution in [1.29, 1.82) is 0 Å². The fourth-order valence-corrected chi connectivity index (χ4v) is 3.03. The number of aliphatic hydroxyl groups is 2. The largest absolute Gasteiger partial charge is 0.483 e. The van der Waals surface area contributed by atoms with E-state index in [4.69, 9.17) is 0 Å². The van der Waals surface area contributed by atoms with E-state index in [-0.39, 0.29) is 23.8 Å². The number of aromatic nitrogens is 1. The van der Waals surface area contributed by atoms with Gasteiger partial charge in [0.15, 0.2) is 6.61 Å². The Morgan fingerprint density at radius 2 is 1.90 bits per heavy atom. The molecule has 0 aliphatic heterocycles. The Hall–Kier alpha value is -2.65. The van der Waals surface area contributed by atoms with Crippen molar-refractivity contribution in [3.8, 4) is 5.75 Å². The normalized spacial score (nSPS) is 16.0. The molecule has 3 N–H and O–H groups in total. The Morgan fingerprint density at radius 3 is 2.43 bits per heavy atom. The van der Waals surface area contributed by atoms with Gasteiger partial charge in [0.25, 0.3) is 0 Å². The van der Waals surface area contributed by atoms with E-state index in [1.165, 1.54) is 30.5 Å². The molecule has 0 saturated heterocycles. The van der Waals surface area contributed by atoms with Crippen LogP contribution in [0.25, 0.3) is 0 Å². The highest BCUT2D eigenvalue weighted by molar-refractivity contribution is 5.79. The van der Waals surface area contributed by atoms with Crippen LogP contribution in [-0.2, 0) is 11.2 Å². The van der Waals surface area contributed by atoms with Crippen molar-refractivity contribution in [3.05, 3.63) is 59.4 Å². The minimum atomic E-state index is -4.47. The first-order valence-corrected chi connectivity index (χ1v) is 9.58. The quantitative estimate of drug-likeness (QED) is 0.576. The minimum Gasteiger partial charge on any atom is -0.483 e. The van der Waals surface area contributed by atoms with Gasteiger partial charge in [-0.25, -0.2) is 0 Å². The number of halogens is 3. The van der Waals surface area contributed by atoms with Gasteiger partial charge in [0.1, 0.15) is 11.9 Å². The number of rotatable bonds is 9. The number of nitrogens with one attached hydrogen (secondary N) is 1. The first-order chi connectivity index (χ1) is 14.2. The van der Waals surface area contributed by atoms with Gasteiger partial charge in [-0.2, -0.15) is 13.2 Å². The van der Waals surface area contributed by atoms with Gasteiger partial charge >= 0.3 is 6.18 Å². The number of alkyl halides is 3. The van der Waals surface area contributed by atoms with Gasteiger partial charge in [-0.05, 0) is 42.0 Å². The van der Waals surface area contributed by atoms with Gasteiger partial charge in [0.05, 0.1) is 31.0 Å². The lowest BCUT2D eigenvalue weighted by molar-refractivity contribution is -0.153. The third kappa shape index (κ3) is 6.43. The highest BCUT2D eigenvalue weighted by atomic mass is 19.4. The van der Waals surface area contributed by atoms with E-state index in [9.17, 15) is 28.2 Å². The summed E-state index contributed by atoms with van der Waals surface area (Å²) in [6.07, 6.45) is -2.28. The zero-order valence-corrected chi connectivity index (χ0v) is 16.1. The second-order valence-corrected chi connectivity index (χ2v) is 7.31. The predicted octanol–water partition coefficient (Wildman–Crippen LogP) is 2.65. The molecule has 0 spiro atoms. The van der Waals surface area contributed by atoms with Gasteiger partial charge in [-0.3, -0.25) is 9.78 Å². The summed E-state index contributed by atoms with van der Waals surface area (Å²) in [7, 11) is 0. The number of carbonyl (C=O) groups excluding carboxylic acids is 1. The van der Waals surface area contributed by atoms with E-state index < -0.39 is 31.5 Å². The molecule has 2 atom stereocenters. The van der Waals surface area contributed by atoms with Crippen LogP contribution < -0.4 is 10.1 Å². The molecule has 9 heteroatoms. The zero-order valence-electron chi connectivity index (χ0n) is 16.1. The molecule has 2 unspecified atom stereocenters. The van der Waals surface area contributed by atoms with Crippen molar-refractivity contribution in [3.63, 3.8) is 0 Å². The fraction of sp³-hybridized carbons (Fsp3) is 0.429. The second-order valence-electron chi connectivity index (χ2n) is 7.31. The molecule has 1 fully saturated rings. The van der Waals surface area contributed by atoms with Crippen LogP contribution in [0.4, 0.5) is 13.2 Å². The number of hydrogen-bond donors (Lipinski definition) is 3. The van der Waals surface area contributed by atoms with Crippen LogP contribution in [0.2, 0.25) is 0 Å². The summed E-state index contributed by atoms with van der Waals surface area (Å²) in [4.78, 5) is 16.4. The minimum absolute atomic E-state index is 0.0758. The van der Waals surface area contributed by atoms with Crippen LogP contribution in [0, 0.1) is 0 Å². The SMILES string of the molecule is O=C(Cc1ccc(C2CC2)cc1)NC(c1ccc(OCC(F)(F)F)cn1)C(O)CO. The van der Waals surface area contributed by atoms with Crippen molar-refractivity contribution >= 4 is 5.91 Å². The lowest BCUT2D eigenvalue weighted by Crippen LogP contribution is -2.39. The van der Waals surface area contributed by atoms with E-state index >= 15 is 0 Å². The highest BCUT2D eigenvalue weighted by Gasteiger charge is 2.29. The Morgan fingerprint density at radius 1 is 1.20 bits per heavy atom. The molecular formula is C21H23F3N2O4. The number of nitrogens with zero attached hydrogens (tertiary/aromatic N) is 1. The van der Waals surface area contributed by atoms with Gasteiger partial charge in [-0.15, -0.1) is 0 Å². The molecule has 0 radical (unpaired) electrons. The second kappa shape index (κ2) is 9.44. The van der Waals surface area contributed by atoms with Crippen molar-refractivity contribution in [2.24, 2.45) is 0 Å². The smallest absolute Gasteiger partial charge is 0.422 e. The van der Waals surface area contributed by atoms with Gasteiger partial charge in [0, 0.05) is 0 Å². The molecule has 1 aromatic carbocycles. The standard InChI is InChI=1S/C21H23F3N2O4/c22-21(23,24)12-30-16-7-8-17(25-10-16)20(18(28)11-27)26-19(29)9-13-1-3-14(4-2-13)15-5-6-15/h1-4,7-8,10,15,18,20,27-28H,5-6,9,11-12H2,(H,26,29). The van der Waals surface area contributed by atoms with Crippen molar-refractivity contribution in [1.82, 2.24) is 10.3 Å². The van der Waals surface area contributed by atoms with E-state index in [0.29, 0.717) is 5.92 Å². The number of benzene rings is 1. The van der Waals surface area contributed by atoms with Gasteiger partial charge in [-0.1, -0.05) is 24.3 Å². The monoisotopic (exact) mass is 424 g/mol. The Labute approximate surface area is 171 Å². The summed E-state index contributed by atoms with van der Waals surface area (Å²) in [5, 5.41) is 22.0. The first-order valence-electron chi connectivity index (χ1n) is 9.58. The summed E-state index contributed by atoms with van der Waals surface area (Å²) in [6, 6.07) is 9.34. The lowest BCUT2D eigenvalue weighted by atomic mass is 10.0. The van der Waals surface area contributed by atoms with Gasteiger partial charge < -0.3 is 20.3 Å². The average Bonchev–Trinajstić information content (AvgIpc) is 3.56. The average molecular weight is 424 g/mol.